The minimum Gasteiger partial charge on any atom is -0.294 e. The van der Waals surface area contributed by atoms with E-state index in [2.05, 4.69) is 10.1 Å². The third kappa shape index (κ3) is 2.78. The first-order chi connectivity index (χ1) is 10.3. The molecule has 3 nitrogen and oxygen atoms in total. The Balaban J connectivity index is 1.53. The normalized spacial score (nSPS) is 47.6. The van der Waals surface area contributed by atoms with Gasteiger partial charge in [-0.3, -0.25) is 4.90 Å². The van der Waals surface area contributed by atoms with Gasteiger partial charge in [-0.2, -0.15) is 4.91 Å². The third-order valence-electron chi connectivity index (χ3n) is 7.00. The highest BCUT2D eigenvalue weighted by molar-refractivity contribution is 4.99. The van der Waals surface area contributed by atoms with Crippen molar-refractivity contribution < 1.29 is 0 Å². The van der Waals surface area contributed by atoms with Crippen molar-refractivity contribution in [3.63, 3.8) is 0 Å². The van der Waals surface area contributed by atoms with Crippen molar-refractivity contribution in [1.29, 1.82) is 0 Å². The van der Waals surface area contributed by atoms with Crippen molar-refractivity contribution >= 4 is 0 Å². The molecule has 3 heteroatoms. The van der Waals surface area contributed by atoms with Gasteiger partial charge in [-0.05, 0) is 50.4 Å². The van der Waals surface area contributed by atoms with Crippen LogP contribution in [0.15, 0.2) is 5.18 Å². The molecule has 2 aliphatic carbocycles. The fraction of sp³-hybridized carbons (Fsp3) is 1.00. The average Bonchev–Trinajstić information content (AvgIpc) is 2.80. The molecule has 0 aromatic rings. The van der Waals surface area contributed by atoms with Crippen molar-refractivity contribution in [2.24, 2.45) is 17.0 Å². The number of nitroso groups, excluding NO2 is 1. The van der Waals surface area contributed by atoms with Crippen LogP contribution in [0.2, 0.25) is 0 Å². The molecule has 4 fully saturated rings. The Bertz CT molecular complexity index is 357. The van der Waals surface area contributed by atoms with Crippen molar-refractivity contribution in [1.82, 2.24) is 4.90 Å². The highest BCUT2D eigenvalue weighted by Crippen LogP contribution is 2.44. The maximum absolute atomic E-state index is 11.0. The van der Waals surface area contributed by atoms with Crippen LogP contribution in [0.4, 0.5) is 0 Å². The fourth-order valence-electron chi connectivity index (χ4n) is 6.11. The molecule has 0 spiro atoms. The number of hydrogen-bond donors (Lipinski definition) is 0. The highest BCUT2D eigenvalue weighted by Gasteiger charge is 2.44. The molecule has 4 bridgehead atoms. The van der Waals surface area contributed by atoms with Gasteiger partial charge in [-0.1, -0.05) is 43.7 Å². The second-order valence-corrected chi connectivity index (χ2v) is 8.28. The summed E-state index contributed by atoms with van der Waals surface area (Å²) in [7, 11) is 0. The lowest BCUT2D eigenvalue weighted by atomic mass is 9.78. The Labute approximate surface area is 128 Å². The van der Waals surface area contributed by atoms with Crippen molar-refractivity contribution in [2.45, 2.75) is 101 Å². The van der Waals surface area contributed by atoms with Crippen molar-refractivity contribution in [3.8, 4) is 0 Å². The first-order valence-corrected chi connectivity index (χ1v) is 9.43. The number of nitrogens with zero attached hydrogens (tertiary/aromatic N) is 2. The second-order valence-electron chi connectivity index (χ2n) is 8.28. The standard InChI is InChI=1S/C18H30N2O/c21-19-15-11-16-5-2-6-17(12-15)20(16)18-9-13-3-1-4-14(10-18)8-7-13/h13-18H,1-12H2. The summed E-state index contributed by atoms with van der Waals surface area (Å²) in [6.07, 6.45) is 16.4. The van der Waals surface area contributed by atoms with Crippen LogP contribution in [0.1, 0.15) is 77.0 Å². The number of piperidine rings is 2. The maximum atomic E-state index is 11.0. The molecule has 0 N–H and O–H groups in total. The fourth-order valence-corrected chi connectivity index (χ4v) is 6.11. The maximum Gasteiger partial charge on any atom is 0.0949 e. The molecule has 2 heterocycles. The molecule has 21 heavy (non-hydrogen) atoms. The van der Waals surface area contributed by atoms with Gasteiger partial charge in [0.2, 0.25) is 0 Å². The lowest BCUT2D eigenvalue weighted by molar-refractivity contribution is -0.0198. The van der Waals surface area contributed by atoms with Crippen LogP contribution in [0.25, 0.3) is 0 Å². The van der Waals surface area contributed by atoms with Crippen molar-refractivity contribution in [3.05, 3.63) is 4.91 Å². The Morgan fingerprint density at radius 3 is 1.81 bits per heavy atom. The average molecular weight is 290 g/mol. The van der Waals surface area contributed by atoms with Gasteiger partial charge in [0.25, 0.3) is 0 Å². The summed E-state index contributed by atoms with van der Waals surface area (Å²) in [5.41, 5.74) is 0. The van der Waals surface area contributed by atoms with Crippen LogP contribution < -0.4 is 0 Å². The quantitative estimate of drug-likeness (QED) is 0.702. The monoisotopic (exact) mass is 290 g/mol. The molecular formula is C18H30N2O. The number of rotatable bonds is 2. The molecule has 118 valence electrons. The minimum atomic E-state index is 0.113. The van der Waals surface area contributed by atoms with Crippen LogP contribution in [0.3, 0.4) is 0 Å². The first-order valence-electron chi connectivity index (χ1n) is 9.43. The van der Waals surface area contributed by atoms with E-state index in [9.17, 15) is 4.91 Å². The van der Waals surface area contributed by atoms with E-state index < -0.39 is 0 Å². The second kappa shape index (κ2) is 5.98. The summed E-state index contributed by atoms with van der Waals surface area (Å²) in [4.78, 5) is 13.9. The Kier molecular flexibility index (Phi) is 4.04. The topological polar surface area (TPSA) is 32.7 Å². The lowest BCUT2D eigenvalue weighted by Gasteiger charge is -2.52. The molecule has 4 atom stereocenters. The summed E-state index contributed by atoms with van der Waals surface area (Å²) in [6, 6.07) is 2.28. The zero-order chi connectivity index (χ0) is 14.2. The molecule has 4 aliphatic rings. The smallest absolute Gasteiger partial charge is 0.0949 e. The van der Waals surface area contributed by atoms with Crippen LogP contribution >= 0.6 is 0 Å². The molecule has 0 radical (unpaired) electrons. The summed E-state index contributed by atoms with van der Waals surface area (Å²) in [5.74, 6) is 1.98. The van der Waals surface area contributed by atoms with E-state index in [0.29, 0.717) is 12.1 Å². The van der Waals surface area contributed by atoms with E-state index in [-0.39, 0.29) is 6.04 Å². The largest absolute Gasteiger partial charge is 0.294 e. The van der Waals surface area contributed by atoms with Gasteiger partial charge < -0.3 is 0 Å². The summed E-state index contributed by atoms with van der Waals surface area (Å²) in [5, 5.41) is 3.41. The molecule has 0 aromatic carbocycles. The minimum absolute atomic E-state index is 0.113. The van der Waals surface area contributed by atoms with E-state index in [1.54, 1.807) is 0 Å². The van der Waals surface area contributed by atoms with Gasteiger partial charge in [-0.25, -0.2) is 0 Å². The molecular weight excluding hydrogens is 260 g/mol. The van der Waals surface area contributed by atoms with E-state index in [4.69, 9.17) is 0 Å². The Morgan fingerprint density at radius 1 is 0.667 bits per heavy atom. The van der Waals surface area contributed by atoms with Gasteiger partial charge in [0, 0.05) is 18.1 Å². The van der Waals surface area contributed by atoms with Gasteiger partial charge in [-0.15, -0.1) is 0 Å². The van der Waals surface area contributed by atoms with E-state index in [1.165, 1.54) is 64.2 Å². The third-order valence-corrected chi connectivity index (χ3v) is 7.00. The Hall–Kier alpha value is -0.440. The zero-order valence-electron chi connectivity index (χ0n) is 13.3. The van der Waals surface area contributed by atoms with E-state index >= 15 is 0 Å². The summed E-state index contributed by atoms with van der Waals surface area (Å²) in [6.45, 7) is 0. The van der Waals surface area contributed by atoms with E-state index in [0.717, 1.165) is 30.7 Å². The molecule has 2 saturated heterocycles. The lowest BCUT2D eigenvalue weighted by Crippen LogP contribution is -2.57. The van der Waals surface area contributed by atoms with Crippen LogP contribution in [0, 0.1) is 16.7 Å². The van der Waals surface area contributed by atoms with Crippen LogP contribution in [-0.2, 0) is 0 Å². The molecule has 0 aromatic heterocycles. The van der Waals surface area contributed by atoms with E-state index in [1.807, 2.05) is 0 Å². The van der Waals surface area contributed by atoms with Gasteiger partial charge in [0.1, 0.15) is 0 Å². The van der Waals surface area contributed by atoms with Crippen LogP contribution in [-0.4, -0.2) is 29.1 Å². The van der Waals surface area contributed by atoms with Gasteiger partial charge in [0.15, 0.2) is 0 Å². The molecule has 0 amide bonds. The SMILES string of the molecule is O=NC1CC2CCCC(C1)N2C1CC2CCCC(CC2)C1. The predicted octanol–water partition coefficient (Wildman–Crippen LogP) is 4.50. The Morgan fingerprint density at radius 2 is 1.24 bits per heavy atom. The summed E-state index contributed by atoms with van der Waals surface area (Å²) >= 11 is 0. The highest BCUT2D eigenvalue weighted by atomic mass is 16.3. The van der Waals surface area contributed by atoms with Crippen LogP contribution in [0.5, 0.6) is 0 Å². The molecule has 4 rings (SSSR count). The summed E-state index contributed by atoms with van der Waals surface area (Å²) < 4.78 is 0. The first kappa shape index (κ1) is 14.2. The van der Waals surface area contributed by atoms with Crippen molar-refractivity contribution in [2.75, 3.05) is 0 Å². The predicted molar refractivity (Wildman–Crippen MR) is 85.2 cm³/mol. The number of fused-ring (bicyclic) bond motifs is 5. The molecule has 4 unspecified atom stereocenters. The van der Waals surface area contributed by atoms with Gasteiger partial charge in [0.05, 0.1) is 6.04 Å². The number of hydrogen-bond acceptors (Lipinski definition) is 3. The molecule has 2 aliphatic heterocycles. The zero-order valence-corrected chi connectivity index (χ0v) is 13.3. The van der Waals surface area contributed by atoms with Gasteiger partial charge >= 0.3 is 0 Å². The molecule has 2 saturated carbocycles.